The molecule has 2 unspecified atom stereocenters. The molecule has 0 aliphatic carbocycles. The minimum atomic E-state index is -0.767. The van der Waals surface area contributed by atoms with Crippen molar-refractivity contribution in [2.75, 3.05) is 6.54 Å². The van der Waals surface area contributed by atoms with E-state index >= 15 is 0 Å². The summed E-state index contributed by atoms with van der Waals surface area (Å²) in [5, 5.41) is 11.1. The van der Waals surface area contributed by atoms with Crippen molar-refractivity contribution < 1.29 is 14.3 Å². The summed E-state index contributed by atoms with van der Waals surface area (Å²) < 4.78 is 5.78. The highest BCUT2D eigenvalue weighted by atomic mass is 35.5. The smallest absolute Gasteiger partial charge is 0.290 e. The number of nitrogens with zero attached hydrogens (tertiary/aromatic N) is 1. The molecule has 0 saturated carbocycles. The van der Waals surface area contributed by atoms with E-state index in [2.05, 4.69) is 0 Å². The molecular formula is C20H15Cl2NO4. The van der Waals surface area contributed by atoms with Crippen molar-refractivity contribution in [2.45, 2.75) is 19.1 Å². The van der Waals surface area contributed by atoms with Gasteiger partial charge in [-0.25, -0.2) is 0 Å². The van der Waals surface area contributed by atoms with E-state index in [1.54, 1.807) is 43.3 Å². The highest BCUT2D eigenvalue weighted by Gasteiger charge is 2.43. The molecule has 2 atom stereocenters. The molecule has 3 aromatic rings. The zero-order valence-corrected chi connectivity index (χ0v) is 15.8. The van der Waals surface area contributed by atoms with Gasteiger partial charge in [0.1, 0.15) is 5.58 Å². The fraction of sp³-hybridized carbons (Fsp3) is 0.200. The number of carbonyl (C=O) groups excluding carboxylic acids is 1. The van der Waals surface area contributed by atoms with Crippen LogP contribution in [0.2, 0.25) is 10.0 Å². The van der Waals surface area contributed by atoms with Gasteiger partial charge in [-0.05, 0) is 42.8 Å². The first-order valence-corrected chi connectivity index (χ1v) is 9.13. The van der Waals surface area contributed by atoms with Crippen LogP contribution in [-0.4, -0.2) is 28.6 Å². The number of aliphatic hydroxyl groups excluding tert-OH is 1. The fourth-order valence-electron chi connectivity index (χ4n) is 3.46. The largest absolute Gasteiger partial charge is 0.450 e. The summed E-state index contributed by atoms with van der Waals surface area (Å²) in [7, 11) is 0. The number of aliphatic hydroxyl groups is 1. The molecule has 1 aliphatic heterocycles. The third-order valence-corrected chi connectivity index (χ3v) is 5.06. The molecular weight excluding hydrogens is 389 g/mol. The van der Waals surface area contributed by atoms with Gasteiger partial charge in [-0.3, -0.25) is 9.59 Å². The summed E-state index contributed by atoms with van der Waals surface area (Å²) in [4.78, 5) is 27.6. The van der Waals surface area contributed by atoms with Crippen molar-refractivity contribution in [3.63, 3.8) is 0 Å². The second-order valence-corrected chi connectivity index (χ2v) is 7.45. The van der Waals surface area contributed by atoms with Crippen LogP contribution in [0.3, 0.4) is 0 Å². The summed E-state index contributed by atoms with van der Waals surface area (Å²) in [5.41, 5.74) is 0.943. The van der Waals surface area contributed by atoms with Crippen molar-refractivity contribution >= 4 is 40.1 Å². The number of amides is 1. The topological polar surface area (TPSA) is 70.8 Å². The SMILES string of the molecule is CC(O)CN1C(=O)c2oc3ccc(Cl)cc3c(=O)c2C1c1ccc(Cl)cc1. The lowest BCUT2D eigenvalue weighted by atomic mass is 9.98. The summed E-state index contributed by atoms with van der Waals surface area (Å²) in [5.74, 6) is -0.435. The molecule has 2 heterocycles. The first-order chi connectivity index (χ1) is 12.9. The number of carbonyl (C=O) groups is 1. The number of halogens is 2. The minimum absolute atomic E-state index is 0.00424. The van der Waals surface area contributed by atoms with E-state index < -0.39 is 18.1 Å². The molecule has 7 heteroatoms. The van der Waals surface area contributed by atoms with Gasteiger partial charge in [0, 0.05) is 16.6 Å². The Bertz CT molecular complexity index is 1110. The standard InChI is InChI=1S/C20H15Cl2NO4/c1-10(24)9-23-17(11-2-4-12(21)5-3-11)16-18(25)14-8-13(22)6-7-15(14)27-19(16)20(23)26/h2-8,10,17,24H,9H2,1H3. The van der Waals surface area contributed by atoms with E-state index in [4.69, 9.17) is 27.6 Å². The predicted molar refractivity (Wildman–Crippen MR) is 104 cm³/mol. The van der Waals surface area contributed by atoms with Gasteiger partial charge in [-0.2, -0.15) is 0 Å². The monoisotopic (exact) mass is 403 g/mol. The third kappa shape index (κ3) is 3.02. The van der Waals surface area contributed by atoms with E-state index in [0.717, 1.165) is 0 Å². The first kappa shape index (κ1) is 18.0. The zero-order chi connectivity index (χ0) is 19.3. The molecule has 1 aromatic heterocycles. The number of rotatable bonds is 3. The molecule has 138 valence electrons. The van der Waals surface area contributed by atoms with Gasteiger partial charge in [-0.1, -0.05) is 35.3 Å². The first-order valence-electron chi connectivity index (χ1n) is 8.37. The van der Waals surface area contributed by atoms with Crippen molar-refractivity contribution in [1.82, 2.24) is 4.90 Å². The molecule has 1 amide bonds. The summed E-state index contributed by atoms with van der Waals surface area (Å²) in [6, 6.07) is 10.9. The van der Waals surface area contributed by atoms with Crippen molar-refractivity contribution in [2.24, 2.45) is 0 Å². The van der Waals surface area contributed by atoms with Crippen LogP contribution in [0.5, 0.6) is 0 Å². The molecule has 1 N–H and O–H groups in total. The molecule has 0 bridgehead atoms. The summed E-state index contributed by atoms with van der Waals surface area (Å²) in [6.07, 6.45) is -0.767. The average Bonchev–Trinajstić information content (AvgIpc) is 2.89. The average molecular weight is 404 g/mol. The molecule has 1 aliphatic rings. The van der Waals surface area contributed by atoms with E-state index in [1.165, 1.54) is 11.0 Å². The Kier molecular flexibility index (Phi) is 4.46. The maximum Gasteiger partial charge on any atom is 0.290 e. The molecule has 0 radical (unpaired) electrons. The van der Waals surface area contributed by atoms with Crippen LogP contribution in [0.1, 0.15) is 34.6 Å². The third-order valence-electron chi connectivity index (χ3n) is 4.57. The molecule has 2 aromatic carbocycles. The van der Waals surface area contributed by atoms with Gasteiger partial charge >= 0.3 is 0 Å². The lowest BCUT2D eigenvalue weighted by Gasteiger charge is -2.26. The van der Waals surface area contributed by atoms with E-state index in [0.29, 0.717) is 26.6 Å². The molecule has 4 rings (SSSR count). The van der Waals surface area contributed by atoms with E-state index in [-0.39, 0.29) is 23.3 Å². The van der Waals surface area contributed by atoms with Gasteiger partial charge in [0.05, 0.1) is 23.1 Å². The van der Waals surface area contributed by atoms with Crippen LogP contribution >= 0.6 is 23.2 Å². The quantitative estimate of drug-likeness (QED) is 0.716. The van der Waals surface area contributed by atoms with Crippen LogP contribution in [0.4, 0.5) is 0 Å². The number of hydrogen-bond donors (Lipinski definition) is 1. The Morgan fingerprint density at radius 1 is 1.11 bits per heavy atom. The Labute approximate surface area is 164 Å². The number of fused-ring (bicyclic) bond motifs is 2. The Balaban J connectivity index is 2.00. The van der Waals surface area contributed by atoms with Gasteiger partial charge in [0.2, 0.25) is 5.76 Å². The zero-order valence-electron chi connectivity index (χ0n) is 14.3. The summed E-state index contributed by atoms with van der Waals surface area (Å²) >= 11 is 12.0. The Morgan fingerprint density at radius 2 is 1.78 bits per heavy atom. The summed E-state index contributed by atoms with van der Waals surface area (Å²) in [6.45, 7) is 1.65. The van der Waals surface area contributed by atoms with Gasteiger partial charge in [0.15, 0.2) is 5.43 Å². The van der Waals surface area contributed by atoms with Gasteiger partial charge in [0.25, 0.3) is 5.91 Å². The highest BCUT2D eigenvalue weighted by Crippen LogP contribution is 2.38. The number of β-amino-alcohol motifs (C(OH)–C–C–N with tert-alkyl or cyclic N) is 1. The lowest BCUT2D eigenvalue weighted by Crippen LogP contribution is -2.35. The Hall–Kier alpha value is -2.34. The maximum absolute atomic E-state index is 13.2. The number of hydrogen-bond acceptors (Lipinski definition) is 4. The van der Waals surface area contributed by atoms with Crippen LogP contribution in [0, 0.1) is 0 Å². The molecule has 0 fully saturated rings. The van der Waals surface area contributed by atoms with Crippen molar-refractivity contribution in [1.29, 1.82) is 0 Å². The number of benzene rings is 2. The maximum atomic E-state index is 13.2. The van der Waals surface area contributed by atoms with Gasteiger partial charge < -0.3 is 14.4 Å². The van der Waals surface area contributed by atoms with Crippen LogP contribution in [0.15, 0.2) is 51.7 Å². The van der Waals surface area contributed by atoms with Crippen LogP contribution < -0.4 is 5.43 Å². The predicted octanol–water partition coefficient (Wildman–Crippen LogP) is 4.03. The molecule has 5 nitrogen and oxygen atoms in total. The highest BCUT2D eigenvalue weighted by molar-refractivity contribution is 6.31. The van der Waals surface area contributed by atoms with E-state index in [9.17, 15) is 14.7 Å². The minimum Gasteiger partial charge on any atom is -0.450 e. The molecule has 0 saturated heterocycles. The normalized spacial score (nSPS) is 17.4. The van der Waals surface area contributed by atoms with Crippen LogP contribution in [0.25, 0.3) is 11.0 Å². The van der Waals surface area contributed by atoms with Crippen molar-refractivity contribution in [3.8, 4) is 0 Å². The van der Waals surface area contributed by atoms with Crippen LogP contribution in [-0.2, 0) is 0 Å². The second-order valence-electron chi connectivity index (χ2n) is 6.58. The molecule has 0 spiro atoms. The fourth-order valence-corrected chi connectivity index (χ4v) is 3.76. The van der Waals surface area contributed by atoms with Crippen molar-refractivity contribution in [3.05, 3.63) is 79.6 Å². The van der Waals surface area contributed by atoms with E-state index in [1.807, 2.05) is 0 Å². The Morgan fingerprint density at radius 3 is 2.44 bits per heavy atom. The lowest BCUT2D eigenvalue weighted by molar-refractivity contribution is 0.0611. The second kappa shape index (κ2) is 6.68. The van der Waals surface area contributed by atoms with Gasteiger partial charge in [-0.15, -0.1) is 0 Å². The molecule has 27 heavy (non-hydrogen) atoms.